The van der Waals surface area contributed by atoms with Crippen LogP contribution < -0.4 is 17.0 Å². The number of nitrogens with two attached hydrogens (primary N) is 1. The minimum atomic E-state index is -4.84. The highest BCUT2D eigenvalue weighted by Gasteiger charge is 2.46. The SMILES string of the molecule is CC1c2c(c(=O)[nH]c(=O)n2C2CC2)C(C(F)F)=C(F)C1N1CCC(C(N)COC(F)(F)F)C1. The molecule has 4 atom stereocenters. The van der Waals surface area contributed by atoms with E-state index in [-0.39, 0.29) is 24.8 Å². The Morgan fingerprint density at radius 3 is 2.45 bits per heavy atom. The largest absolute Gasteiger partial charge is 0.522 e. The second-order valence-corrected chi connectivity index (χ2v) is 8.88. The molecule has 0 spiro atoms. The van der Waals surface area contributed by atoms with Crippen LogP contribution in [0.2, 0.25) is 0 Å². The van der Waals surface area contributed by atoms with Crippen LogP contribution >= 0.6 is 0 Å². The molecule has 4 rings (SSSR count). The van der Waals surface area contributed by atoms with Gasteiger partial charge >= 0.3 is 12.1 Å². The predicted molar refractivity (Wildman–Crippen MR) is 105 cm³/mol. The van der Waals surface area contributed by atoms with Gasteiger partial charge in [0.15, 0.2) is 0 Å². The van der Waals surface area contributed by atoms with Crippen LogP contribution in [0.25, 0.3) is 5.57 Å². The number of rotatable bonds is 6. The van der Waals surface area contributed by atoms with Gasteiger partial charge in [-0.1, -0.05) is 6.92 Å². The smallest absolute Gasteiger partial charge is 0.325 e. The molecule has 1 saturated heterocycles. The minimum Gasteiger partial charge on any atom is -0.325 e. The summed E-state index contributed by atoms with van der Waals surface area (Å²) in [5.74, 6) is -2.47. The van der Waals surface area contributed by atoms with Gasteiger partial charge in [-0.3, -0.25) is 24.0 Å². The zero-order chi connectivity index (χ0) is 24.2. The molecule has 0 radical (unpaired) electrons. The number of nitrogens with one attached hydrogen (secondary N) is 1. The Hall–Kier alpha value is -2.12. The Morgan fingerprint density at radius 1 is 1.21 bits per heavy atom. The van der Waals surface area contributed by atoms with Crippen molar-refractivity contribution < 1.29 is 31.1 Å². The van der Waals surface area contributed by atoms with Crippen molar-refractivity contribution in [1.29, 1.82) is 0 Å². The molecule has 0 bridgehead atoms. The Kier molecular flexibility index (Phi) is 6.25. The third-order valence-corrected chi connectivity index (χ3v) is 6.70. The van der Waals surface area contributed by atoms with E-state index in [0.29, 0.717) is 19.3 Å². The van der Waals surface area contributed by atoms with Crippen molar-refractivity contribution in [3.05, 3.63) is 37.9 Å². The number of H-pyrrole nitrogens is 1. The van der Waals surface area contributed by atoms with Gasteiger partial charge in [-0.2, -0.15) is 0 Å². The lowest BCUT2D eigenvalue weighted by Gasteiger charge is -2.38. The lowest BCUT2D eigenvalue weighted by molar-refractivity contribution is -0.326. The maximum Gasteiger partial charge on any atom is 0.522 e. The van der Waals surface area contributed by atoms with Crippen LogP contribution in [0.5, 0.6) is 0 Å². The molecule has 3 N–H and O–H groups in total. The predicted octanol–water partition coefficient (Wildman–Crippen LogP) is 2.49. The lowest BCUT2D eigenvalue weighted by atomic mass is 9.82. The third kappa shape index (κ3) is 4.50. The van der Waals surface area contributed by atoms with Crippen LogP contribution in [0.1, 0.15) is 49.4 Å². The molecule has 1 saturated carbocycles. The van der Waals surface area contributed by atoms with Crippen molar-refractivity contribution in [2.75, 3.05) is 19.7 Å². The summed E-state index contributed by atoms with van der Waals surface area (Å²) in [5.41, 5.74) is 2.57. The van der Waals surface area contributed by atoms with Gasteiger partial charge in [-0.25, -0.2) is 18.0 Å². The van der Waals surface area contributed by atoms with Crippen LogP contribution in [0.15, 0.2) is 15.4 Å². The number of hydrogen-bond acceptors (Lipinski definition) is 5. The first-order valence-corrected chi connectivity index (χ1v) is 10.7. The average Bonchev–Trinajstić information content (AvgIpc) is 3.42. The number of nitrogens with zero attached hydrogens (tertiary/aromatic N) is 2. The highest BCUT2D eigenvalue weighted by Crippen LogP contribution is 2.46. The van der Waals surface area contributed by atoms with Gasteiger partial charge in [0.2, 0.25) is 0 Å². The Bertz CT molecular complexity index is 1060. The number of hydrogen-bond donors (Lipinski definition) is 2. The topological polar surface area (TPSA) is 93.4 Å². The van der Waals surface area contributed by atoms with Gasteiger partial charge < -0.3 is 5.73 Å². The first-order valence-electron chi connectivity index (χ1n) is 10.7. The molecule has 7 nitrogen and oxygen atoms in total. The Balaban J connectivity index is 1.69. The summed E-state index contributed by atoms with van der Waals surface area (Å²) in [6.45, 7) is 1.05. The summed E-state index contributed by atoms with van der Waals surface area (Å²) >= 11 is 0. The maximum absolute atomic E-state index is 15.5. The number of fused-ring (bicyclic) bond motifs is 1. The van der Waals surface area contributed by atoms with Crippen LogP contribution in [0.3, 0.4) is 0 Å². The first-order chi connectivity index (χ1) is 15.4. The molecule has 13 heteroatoms. The molecule has 2 aliphatic carbocycles. The number of aromatic amines is 1. The summed E-state index contributed by atoms with van der Waals surface area (Å²) in [6.07, 6.45) is -6.55. The molecule has 2 fully saturated rings. The van der Waals surface area contributed by atoms with Crippen LogP contribution in [0, 0.1) is 5.92 Å². The van der Waals surface area contributed by atoms with Crippen molar-refractivity contribution in [1.82, 2.24) is 14.5 Å². The van der Waals surface area contributed by atoms with E-state index in [4.69, 9.17) is 5.73 Å². The average molecular weight is 482 g/mol. The number of allylic oxidation sites excluding steroid dienone is 1. The monoisotopic (exact) mass is 482 g/mol. The van der Waals surface area contributed by atoms with Gasteiger partial charge in [-0.15, -0.1) is 13.2 Å². The normalized spacial score (nSPS) is 27.4. The summed E-state index contributed by atoms with van der Waals surface area (Å²) in [5, 5.41) is 0. The molecule has 33 heavy (non-hydrogen) atoms. The Labute approximate surface area is 184 Å². The van der Waals surface area contributed by atoms with E-state index in [0.717, 1.165) is 0 Å². The molecule has 0 amide bonds. The number of likely N-dealkylation sites (tertiary alicyclic amines) is 1. The zero-order valence-corrected chi connectivity index (χ0v) is 17.7. The number of halogens is 6. The molecule has 4 unspecified atom stereocenters. The number of alkyl halides is 5. The molecule has 0 aromatic carbocycles. The standard InChI is InChI=1S/C20H24F6N4O3/c1-8-15-13(18(31)28-19(32)30(15)10-2-3-10)12(17(22)23)14(21)16(8)29-5-4-9(6-29)11(27)7-33-20(24,25)26/h8-11,16-17H,2-7,27H2,1H3,(H,28,31,32). The fourth-order valence-corrected chi connectivity index (χ4v) is 5.05. The van der Waals surface area contributed by atoms with Crippen molar-refractivity contribution in [3.63, 3.8) is 0 Å². The van der Waals surface area contributed by atoms with E-state index in [9.17, 15) is 31.5 Å². The summed E-state index contributed by atoms with van der Waals surface area (Å²) in [4.78, 5) is 28.5. The highest BCUT2D eigenvalue weighted by atomic mass is 19.4. The third-order valence-electron chi connectivity index (χ3n) is 6.70. The summed E-state index contributed by atoms with van der Waals surface area (Å²) in [7, 11) is 0. The molecule has 184 valence electrons. The van der Waals surface area contributed by atoms with Gasteiger partial charge in [0, 0.05) is 30.2 Å². The van der Waals surface area contributed by atoms with E-state index >= 15 is 4.39 Å². The summed E-state index contributed by atoms with van der Waals surface area (Å²) < 4.78 is 85.6. The van der Waals surface area contributed by atoms with E-state index in [1.807, 2.05) is 4.98 Å². The van der Waals surface area contributed by atoms with Crippen molar-refractivity contribution >= 4 is 5.57 Å². The zero-order valence-electron chi connectivity index (χ0n) is 17.7. The highest BCUT2D eigenvalue weighted by molar-refractivity contribution is 5.74. The van der Waals surface area contributed by atoms with Gasteiger partial charge in [0.1, 0.15) is 5.83 Å². The molecule has 1 aromatic rings. The van der Waals surface area contributed by atoms with Gasteiger partial charge in [0.05, 0.1) is 23.8 Å². The van der Waals surface area contributed by atoms with Crippen molar-refractivity contribution in [2.24, 2.45) is 11.7 Å². The van der Waals surface area contributed by atoms with Crippen LogP contribution in [-0.4, -0.2) is 59.0 Å². The van der Waals surface area contributed by atoms with E-state index in [1.165, 1.54) is 4.57 Å². The minimum absolute atomic E-state index is 0.0630. The van der Waals surface area contributed by atoms with Crippen molar-refractivity contribution in [2.45, 2.75) is 63.0 Å². The molecular weight excluding hydrogens is 458 g/mol. The lowest BCUT2D eigenvalue weighted by Crippen LogP contribution is -2.47. The molecule has 1 aliphatic heterocycles. The van der Waals surface area contributed by atoms with Crippen LogP contribution in [-0.2, 0) is 4.74 Å². The van der Waals surface area contributed by atoms with Crippen molar-refractivity contribution in [3.8, 4) is 0 Å². The van der Waals surface area contributed by atoms with E-state index in [2.05, 4.69) is 4.74 Å². The quantitative estimate of drug-likeness (QED) is 0.608. The first kappa shape index (κ1) is 24.0. The molecule has 2 heterocycles. The van der Waals surface area contributed by atoms with E-state index < -0.39 is 71.5 Å². The molecular formula is C20H24F6N4O3. The second kappa shape index (κ2) is 8.58. The summed E-state index contributed by atoms with van der Waals surface area (Å²) in [6, 6.07) is -2.45. The van der Waals surface area contributed by atoms with E-state index in [1.54, 1.807) is 11.8 Å². The van der Waals surface area contributed by atoms with Gasteiger partial charge in [-0.05, 0) is 31.7 Å². The number of aromatic nitrogens is 2. The fraction of sp³-hybridized carbons (Fsp3) is 0.700. The second-order valence-electron chi connectivity index (χ2n) is 8.88. The Morgan fingerprint density at radius 2 is 1.88 bits per heavy atom. The molecule has 3 aliphatic rings. The van der Waals surface area contributed by atoms with Gasteiger partial charge in [0.25, 0.3) is 12.0 Å². The van der Waals surface area contributed by atoms with Crippen LogP contribution in [0.4, 0.5) is 26.3 Å². The number of ether oxygens (including phenoxy) is 1. The fourth-order valence-electron chi connectivity index (χ4n) is 5.05. The maximum atomic E-state index is 15.5. The molecule has 1 aromatic heterocycles.